The molecule has 1 aliphatic heterocycles. The molecule has 25 heavy (non-hydrogen) atoms. The zero-order valence-corrected chi connectivity index (χ0v) is 14.6. The molecule has 0 radical (unpaired) electrons. The lowest BCUT2D eigenvalue weighted by Crippen LogP contribution is -2.37. The third-order valence-corrected chi connectivity index (χ3v) is 4.77. The summed E-state index contributed by atoms with van der Waals surface area (Å²) in [4.78, 5) is 13.7. The smallest absolute Gasteiger partial charge is 0.134 e. The lowest BCUT2D eigenvalue weighted by molar-refractivity contribution is 0.122. The second-order valence-electron chi connectivity index (χ2n) is 6.54. The van der Waals surface area contributed by atoms with Crippen LogP contribution in [0.2, 0.25) is 0 Å². The summed E-state index contributed by atoms with van der Waals surface area (Å²) < 4.78 is 10.7. The van der Waals surface area contributed by atoms with Crippen molar-refractivity contribution in [3.05, 3.63) is 42.2 Å². The molecule has 0 amide bonds. The van der Waals surface area contributed by atoms with Crippen LogP contribution in [0.4, 0.5) is 11.6 Å². The van der Waals surface area contributed by atoms with Crippen LogP contribution in [0.3, 0.4) is 0 Å². The van der Waals surface area contributed by atoms with Crippen molar-refractivity contribution < 1.29 is 9.47 Å². The van der Waals surface area contributed by atoms with Crippen LogP contribution in [0.5, 0.6) is 5.75 Å². The van der Waals surface area contributed by atoms with Crippen molar-refractivity contribution in [3.8, 4) is 5.75 Å². The first-order chi connectivity index (χ1) is 12.3. The predicted octanol–water partition coefficient (Wildman–Crippen LogP) is 2.49. The minimum atomic E-state index is 0.578. The van der Waals surface area contributed by atoms with Crippen LogP contribution in [0.25, 0.3) is 0 Å². The van der Waals surface area contributed by atoms with E-state index in [1.807, 2.05) is 12.1 Å². The summed E-state index contributed by atoms with van der Waals surface area (Å²) in [5.41, 5.74) is 1.26. The molecule has 0 unspecified atom stereocenters. The number of ether oxygens (including phenoxy) is 2. The van der Waals surface area contributed by atoms with Gasteiger partial charge in [-0.1, -0.05) is 12.1 Å². The van der Waals surface area contributed by atoms with E-state index in [4.69, 9.17) is 9.47 Å². The molecule has 2 aromatic rings. The monoisotopic (exact) mass is 340 g/mol. The van der Waals surface area contributed by atoms with Crippen LogP contribution in [0.1, 0.15) is 18.4 Å². The van der Waals surface area contributed by atoms with Gasteiger partial charge in [0.15, 0.2) is 0 Å². The molecule has 1 aromatic heterocycles. The first-order valence-corrected chi connectivity index (χ1v) is 8.88. The minimum Gasteiger partial charge on any atom is -0.497 e. The Bertz CT molecular complexity index is 697. The first-order valence-electron chi connectivity index (χ1n) is 8.88. The molecule has 0 atom stereocenters. The summed E-state index contributed by atoms with van der Waals surface area (Å²) in [5, 5.41) is 0. The molecule has 1 saturated carbocycles. The molecule has 132 valence electrons. The van der Waals surface area contributed by atoms with Crippen molar-refractivity contribution in [3.63, 3.8) is 0 Å². The molecule has 0 bridgehead atoms. The van der Waals surface area contributed by atoms with Gasteiger partial charge in [0.25, 0.3) is 0 Å². The quantitative estimate of drug-likeness (QED) is 0.805. The summed E-state index contributed by atoms with van der Waals surface area (Å²) in [7, 11) is 1.69. The topological polar surface area (TPSA) is 50.7 Å². The maximum atomic E-state index is 5.44. The highest BCUT2D eigenvalue weighted by Crippen LogP contribution is 2.33. The molecule has 6 heteroatoms. The summed E-state index contributed by atoms with van der Waals surface area (Å²) in [6.07, 6.45) is 4.14. The Morgan fingerprint density at radius 2 is 1.92 bits per heavy atom. The maximum absolute atomic E-state index is 5.44. The largest absolute Gasteiger partial charge is 0.497 e. The van der Waals surface area contributed by atoms with Gasteiger partial charge in [0.1, 0.15) is 23.7 Å². The molecular weight excluding hydrogens is 316 g/mol. The van der Waals surface area contributed by atoms with E-state index in [0.29, 0.717) is 6.04 Å². The van der Waals surface area contributed by atoms with Crippen molar-refractivity contribution >= 4 is 11.6 Å². The van der Waals surface area contributed by atoms with E-state index >= 15 is 0 Å². The fourth-order valence-electron chi connectivity index (χ4n) is 3.17. The molecule has 2 aliphatic rings. The lowest BCUT2D eigenvalue weighted by atomic mass is 10.2. The summed E-state index contributed by atoms with van der Waals surface area (Å²) in [5.74, 6) is 2.89. The molecule has 1 aliphatic carbocycles. The summed E-state index contributed by atoms with van der Waals surface area (Å²) >= 11 is 0. The number of benzene rings is 1. The number of rotatable bonds is 6. The van der Waals surface area contributed by atoms with Crippen molar-refractivity contribution in [2.75, 3.05) is 43.2 Å². The van der Waals surface area contributed by atoms with Crippen molar-refractivity contribution in [1.82, 2.24) is 9.97 Å². The van der Waals surface area contributed by atoms with Crippen LogP contribution in [0, 0.1) is 0 Å². The fourth-order valence-corrected chi connectivity index (χ4v) is 3.17. The van der Waals surface area contributed by atoms with Crippen LogP contribution < -0.4 is 14.5 Å². The molecule has 0 spiro atoms. The van der Waals surface area contributed by atoms with E-state index < -0.39 is 0 Å². The second kappa shape index (κ2) is 7.27. The molecule has 2 heterocycles. The van der Waals surface area contributed by atoms with Crippen LogP contribution >= 0.6 is 0 Å². The van der Waals surface area contributed by atoms with E-state index in [9.17, 15) is 0 Å². The normalized spacial score (nSPS) is 17.4. The highest BCUT2D eigenvalue weighted by molar-refractivity contribution is 5.52. The van der Waals surface area contributed by atoms with Gasteiger partial charge in [-0.25, -0.2) is 9.97 Å². The van der Waals surface area contributed by atoms with Gasteiger partial charge in [0.05, 0.1) is 20.3 Å². The molecule has 1 aromatic carbocycles. The molecule has 6 nitrogen and oxygen atoms in total. The van der Waals surface area contributed by atoms with Gasteiger partial charge in [-0.2, -0.15) is 0 Å². The van der Waals surface area contributed by atoms with Crippen molar-refractivity contribution in [2.24, 2.45) is 0 Å². The van der Waals surface area contributed by atoms with E-state index in [-0.39, 0.29) is 0 Å². The molecular formula is C19H24N4O2. The number of aromatic nitrogens is 2. The van der Waals surface area contributed by atoms with Gasteiger partial charge in [0.2, 0.25) is 0 Å². The van der Waals surface area contributed by atoms with Crippen molar-refractivity contribution in [1.29, 1.82) is 0 Å². The Kier molecular flexibility index (Phi) is 4.70. The minimum absolute atomic E-state index is 0.578. The Morgan fingerprint density at radius 1 is 1.16 bits per heavy atom. The maximum Gasteiger partial charge on any atom is 0.134 e. The predicted molar refractivity (Wildman–Crippen MR) is 97.3 cm³/mol. The molecule has 2 fully saturated rings. The third kappa shape index (κ3) is 3.85. The second-order valence-corrected chi connectivity index (χ2v) is 6.54. The van der Waals surface area contributed by atoms with Crippen molar-refractivity contribution in [2.45, 2.75) is 25.4 Å². The average Bonchev–Trinajstić information content (AvgIpc) is 3.52. The van der Waals surface area contributed by atoms with Crippen LogP contribution in [0.15, 0.2) is 36.7 Å². The third-order valence-electron chi connectivity index (χ3n) is 4.77. The standard InChI is InChI=1S/C19H24N4O2/c1-24-17-6-2-15(3-7-17)13-23(16-4-5-16)19-12-18(20-14-21-19)22-8-10-25-11-9-22/h2-3,6-7,12,14,16H,4-5,8-11,13H2,1H3. The van der Waals surface area contributed by atoms with Gasteiger partial charge in [-0.05, 0) is 30.5 Å². The number of methoxy groups -OCH3 is 1. The van der Waals surface area contributed by atoms with E-state index in [1.165, 1.54) is 18.4 Å². The Labute approximate surface area is 148 Å². The van der Waals surface area contributed by atoms with Gasteiger partial charge >= 0.3 is 0 Å². The molecule has 1 saturated heterocycles. The average molecular weight is 340 g/mol. The van der Waals surface area contributed by atoms with Gasteiger partial charge < -0.3 is 19.3 Å². The highest BCUT2D eigenvalue weighted by Gasteiger charge is 2.30. The van der Waals surface area contributed by atoms with Gasteiger partial charge in [-0.3, -0.25) is 0 Å². The summed E-state index contributed by atoms with van der Waals surface area (Å²) in [6, 6.07) is 11.0. The lowest BCUT2D eigenvalue weighted by Gasteiger charge is -2.29. The number of morpholine rings is 1. The van der Waals surface area contributed by atoms with Crippen LogP contribution in [-0.2, 0) is 11.3 Å². The number of hydrogen-bond donors (Lipinski definition) is 0. The number of anilines is 2. The van der Waals surface area contributed by atoms with E-state index in [2.05, 4.69) is 38.0 Å². The van der Waals surface area contributed by atoms with E-state index in [0.717, 1.165) is 50.2 Å². The Hall–Kier alpha value is -2.34. The zero-order valence-electron chi connectivity index (χ0n) is 14.6. The van der Waals surface area contributed by atoms with Gasteiger partial charge in [0, 0.05) is 31.7 Å². The molecule has 0 N–H and O–H groups in total. The van der Waals surface area contributed by atoms with E-state index in [1.54, 1.807) is 13.4 Å². The van der Waals surface area contributed by atoms with Gasteiger partial charge in [-0.15, -0.1) is 0 Å². The first kappa shape index (κ1) is 16.1. The zero-order chi connectivity index (χ0) is 17.1. The number of hydrogen-bond acceptors (Lipinski definition) is 6. The van der Waals surface area contributed by atoms with Crippen LogP contribution in [-0.4, -0.2) is 49.4 Å². The fraction of sp³-hybridized carbons (Fsp3) is 0.474. The number of nitrogens with zero attached hydrogens (tertiary/aromatic N) is 4. The molecule has 4 rings (SSSR count). The Balaban J connectivity index is 1.53. The Morgan fingerprint density at radius 3 is 2.60 bits per heavy atom. The summed E-state index contributed by atoms with van der Waals surface area (Å²) in [6.45, 7) is 4.15. The SMILES string of the molecule is COc1ccc(CN(c2cc(N3CCOCC3)ncn2)C2CC2)cc1. The highest BCUT2D eigenvalue weighted by atomic mass is 16.5.